The third kappa shape index (κ3) is 6.24. The van der Waals surface area contributed by atoms with Crippen molar-refractivity contribution in [2.45, 2.75) is 12.5 Å². The van der Waals surface area contributed by atoms with E-state index >= 15 is 0 Å². The molecular weight excluding hydrogens is 310 g/mol. The fourth-order valence-corrected chi connectivity index (χ4v) is 2.36. The number of carbonyl (C=O) groups excluding carboxylic acids is 1. The third-order valence-electron chi connectivity index (χ3n) is 3.68. The first-order valence-corrected chi connectivity index (χ1v) is 8.18. The predicted octanol–water partition coefficient (Wildman–Crippen LogP) is 4.08. The number of rotatable bonds is 4. The summed E-state index contributed by atoms with van der Waals surface area (Å²) in [7, 11) is 1.34. The molecule has 0 aliphatic carbocycles. The topological polar surface area (TPSA) is 52.3 Å². The van der Waals surface area contributed by atoms with Crippen LogP contribution in [0.15, 0.2) is 91.0 Å². The van der Waals surface area contributed by atoms with Crippen LogP contribution in [0.2, 0.25) is 0 Å². The lowest BCUT2D eigenvalue weighted by atomic mass is 10.1. The molecule has 3 heteroatoms. The predicted molar refractivity (Wildman–Crippen MR) is 102 cm³/mol. The molecule has 0 aliphatic rings. The molecule has 0 amide bonds. The van der Waals surface area contributed by atoms with Crippen molar-refractivity contribution in [2.24, 2.45) is 5.73 Å². The number of hydrogen-bond donors (Lipinski definition) is 1. The molecule has 0 saturated heterocycles. The summed E-state index contributed by atoms with van der Waals surface area (Å²) in [6.07, 6.45) is 0.521. The lowest BCUT2D eigenvalue weighted by molar-refractivity contribution is -0.142. The molecular formula is C22H23NO2. The van der Waals surface area contributed by atoms with Gasteiger partial charge in [0.2, 0.25) is 0 Å². The molecule has 25 heavy (non-hydrogen) atoms. The second-order valence-electron chi connectivity index (χ2n) is 5.55. The van der Waals surface area contributed by atoms with E-state index in [2.05, 4.69) is 53.3 Å². The molecule has 128 valence electrons. The molecule has 0 fully saturated rings. The Morgan fingerprint density at radius 1 is 0.800 bits per heavy atom. The number of hydrogen-bond acceptors (Lipinski definition) is 3. The van der Waals surface area contributed by atoms with Crippen molar-refractivity contribution < 1.29 is 9.53 Å². The molecule has 0 spiro atoms. The smallest absolute Gasteiger partial charge is 0.322 e. The SMILES string of the molecule is COC(=O)C(N)Cc1ccccc1.c1ccc(-c2ccccc2)cc1. The van der Waals surface area contributed by atoms with Crippen LogP contribution in [0.4, 0.5) is 0 Å². The van der Waals surface area contributed by atoms with Crippen molar-refractivity contribution in [1.29, 1.82) is 0 Å². The van der Waals surface area contributed by atoms with Gasteiger partial charge in [0.15, 0.2) is 0 Å². The molecule has 3 nitrogen and oxygen atoms in total. The molecule has 2 N–H and O–H groups in total. The largest absolute Gasteiger partial charge is 0.468 e. The summed E-state index contributed by atoms with van der Waals surface area (Å²) in [5, 5.41) is 0. The van der Waals surface area contributed by atoms with Gasteiger partial charge in [-0.3, -0.25) is 4.79 Å². The van der Waals surface area contributed by atoms with Gasteiger partial charge in [0.1, 0.15) is 6.04 Å². The molecule has 3 rings (SSSR count). The molecule has 3 aromatic rings. The van der Waals surface area contributed by atoms with Gasteiger partial charge in [-0.1, -0.05) is 91.0 Å². The molecule has 1 unspecified atom stereocenters. The van der Waals surface area contributed by atoms with Crippen LogP contribution in [-0.2, 0) is 16.0 Å². The molecule has 0 radical (unpaired) electrons. The summed E-state index contributed by atoms with van der Waals surface area (Å²) in [6.45, 7) is 0. The molecule has 1 atom stereocenters. The van der Waals surface area contributed by atoms with E-state index < -0.39 is 6.04 Å². The van der Waals surface area contributed by atoms with Gasteiger partial charge >= 0.3 is 5.97 Å². The van der Waals surface area contributed by atoms with Crippen molar-refractivity contribution in [3.8, 4) is 11.1 Å². The van der Waals surface area contributed by atoms with E-state index in [1.54, 1.807) is 0 Å². The minimum absolute atomic E-state index is 0.371. The third-order valence-corrected chi connectivity index (χ3v) is 3.68. The zero-order valence-electron chi connectivity index (χ0n) is 14.3. The van der Waals surface area contributed by atoms with Gasteiger partial charge in [0.05, 0.1) is 7.11 Å². The van der Waals surface area contributed by atoms with E-state index in [1.807, 2.05) is 42.5 Å². The normalized spacial score (nSPS) is 11.0. The number of methoxy groups -OCH3 is 1. The quantitative estimate of drug-likeness (QED) is 0.732. The maximum Gasteiger partial charge on any atom is 0.322 e. The Morgan fingerprint density at radius 2 is 1.20 bits per heavy atom. The summed E-state index contributed by atoms with van der Waals surface area (Å²) >= 11 is 0. The summed E-state index contributed by atoms with van der Waals surface area (Å²) < 4.78 is 4.52. The van der Waals surface area contributed by atoms with E-state index in [-0.39, 0.29) is 5.97 Å². The molecule has 0 aliphatic heterocycles. The van der Waals surface area contributed by atoms with Crippen LogP contribution >= 0.6 is 0 Å². The second-order valence-corrected chi connectivity index (χ2v) is 5.55. The van der Waals surface area contributed by atoms with Crippen molar-refractivity contribution in [3.63, 3.8) is 0 Å². The first-order chi connectivity index (χ1) is 12.2. The van der Waals surface area contributed by atoms with Gasteiger partial charge in [0.25, 0.3) is 0 Å². The van der Waals surface area contributed by atoms with Gasteiger partial charge in [-0.25, -0.2) is 0 Å². The highest BCUT2D eigenvalue weighted by atomic mass is 16.5. The van der Waals surface area contributed by atoms with Crippen molar-refractivity contribution in [3.05, 3.63) is 96.6 Å². The van der Waals surface area contributed by atoms with E-state index in [4.69, 9.17) is 5.73 Å². The van der Waals surface area contributed by atoms with E-state index in [1.165, 1.54) is 18.2 Å². The van der Waals surface area contributed by atoms with Gasteiger partial charge < -0.3 is 10.5 Å². The number of nitrogens with two attached hydrogens (primary N) is 1. The van der Waals surface area contributed by atoms with Crippen molar-refractivity contribution in [1.82, 2.24) is 0 Å². The van der Waals surface area contributed by atoms with Crippen LogP contribution < -0.4 is 5.73 Å². The fraction of sp³-hybridized carbons (Fsp3) is 0.136. The Hall–Kier alpha value is -2.91. The number of benzene rings is 3. The number of carbonyl (C=O) groups is 1. The average Bonchev–Trinajstić information content (AvgIpc) is 2.70. The highest BCUT2D eigenvalue weighted by Gasteiger charge is 2.13. The van der Waals surface area contributed by atoms with E-state index in [0.29, 0.717) is 6.42 Å². The van der Waals surface area contributed by atoms with E-state index in [9.17, 15) is 4.79 Å². The molecule has 3 aromatic carbocycles. The maximum absolute atomic E-state index is 11.0. The minimum Gasteiger partial charge on any atom is -0.468 e. The van der Waals surface area contributed by atoms with Gasteiger partial charge in [-0.15, -0.1) is 0 Å². The maximum atomic E-state index is 11.0. The van der Waals surface area contributed by atoms with Crippen LogP contribution in [0.5, 0.6) is 0 Å². The molecule has 0 bridgehead atoms. The highest BCUT2D eigenvalue weighted by molar-refractivity contribution is 5.75. The van der Waals surface area contributed by atoms with Crippen LogP contribution in [0.1, 0.15) is 5.56 Å². The van der Waals surface area contributed by atoms with E-state index in [0.717, 1.165) is 5.56 Å². The molecule has 0 saturated carbocycles. The Morgan fingerprint density at radius 3 is 1.60 bits per heavy atom. The summed E-state index contributed by atoms with van der Waals surface area (Å²) in [6, 6.07) is 29.8. The van der Waals surface area contributed by atoms with Crippen molar-refractivity contribution >= 4 is 5.97 Å². The summed E-state index contributed by atoms with van der Waals surface area (Å²) in [5.74, 6) is -0.371. The monoisotopic (exact) mass is 333 g/mol. The van der Waals surface area contributed by atoms with Gasteiger partial charge in [-0.05, 0) is 23.1 Å². The fourth-order valence-electron chi connectivity index (χ4n) is 2.36. The standard InChI is InChI=1S/C12H10.C10H13NO2/c1-3-7-11(8-4-1)12-9-5-2-6-10-12;1-13-10(12)9(11)7-8-5-3-2-4-6-8/h1-10H;2-6,9H,7,11H2,1H3. The van der Waals surface area contributed by atoms with Crippen LogP contribution in [0.3, 0.4) is 0 Å². The lowest BCUT2D eigenvalue weighted by Gasteiger charge is -2.08. The first-order valence-electron chi connectivity index (χ1n) is 8.18. The molecule has 0 heterocycles. The zero-order chi connectivity index (χ0) is 17.9. The number of ether oxygens (including phenoxy) is 1. The Bertz CT molecular complexity index is 705. The lowest BCUT2D eigenvalue weighted by Crippen LogP contribution is -2.33. The zero-order valence-corrected chi connectivity index (χ0v) is 14.3. The average molecular weight is 333 g/mol. The Labute approximate surface area is 149 Å². The molecule has 0 aromatic heterocycles. The number of esters is 1. The van der Waals surface area contributed by atoms with Crippen LogP contribution in [0.25, 0.3) is 11.1 Å². The summed E-state index contributed by atoms with van der Waals surface area (Å²) in [5.41, 5.74) is 9.18. The second kappa shape index (κ2) is 10.1. The summed E-state index contributed by atoms with van der Waals surface area (Å²) in [4.78, 5) is 11.0. The Kier molecular flexibility index (Phi) is 7.41. The van der Waals surface area contributed by atoms with Crippen molar-refractivity contribution in [2.75, 3.05) is 7.11 Å². The minimum atomic E-state index is -0.563. The van der Waals surface area contributed by atoms with Gasteiger partial charge in [-0.2, -0.15) is 0 Å². The first kappa shape index (κ1) is 18.4. The van der Waals surface area contributed by atoms with Gasteiger partial charge in [0, 0.05) is 0 Å². The Balaban J connectivity index is 0.000000181. The highest BCUT2D eigenvalue weighted by Crippen LogP contribution is 2.17. The van der Waals surface area contributed by atoms with Crippen LogP contribution in [-0.4, -0.2) is 19.1 Å². The van der Waals surface area contributed by atoms with Crippen LogP contribution in [0, 0.1) is 0 Å².